The van der Waals surface area contributed by atoms with E-state index in [1.54, 1.807) is 4.68 Å². The van der Waals surface area contributed by atoms with E-state index in [9.17, 15) is 9.59 Å². The molecule has 0 unspecified atom stereocenters. The number of nitrogens with zero attached hydrogens (tertiary/aromatic N) is 4. The monoisotopic (exact) mass is 343 g/mol. The van der Waals surface area contributed by atoms with Crippen LogP contribution in [0.4, 0.5) is 0 Å². The molecule has 8 nitrogen and oxygen atoms in total. The predicted molar refractivity (Wildman–Crippen MR) is 89.9 cm³/mol. The van der Waals surface area contributed by atoms with Gasteiger partial charge in [-0.1, -0.05) is 18.2 Å². The second kappa shape index (κ2) is 7.89. The number of nitrogens with one attached hydrogen (secondary N) is 1. The Hall–Kier alpha value is -2.74. The minimum absolute atomic E-state index is 0.0296. The van der Waals surface area contributed by atoms with Crippen LogP contribution in [0.3, 0.4) is 0 Å². The third-order valence-electron chi connectivity index (χ3n) is 4.21. The summed E-state index contributed by atoms with van der Waals surface area (Å²) >= 11 is 0. The second-order valence-electron chi connectivity index (χ2n) is 5.97. The third kappa shape index (κ3) is 4.42. The number of methoxy groups -OCH3 is 1. The van der Waals surface area contributed by atoms with Crippen molar-refractivity contribution in [2.24, 2.45) is 0 Å². The summed E-state index contributed by atoms with van der Waals surface area (Å²) < 4.78 is 6.22. The van der Waals surface area contributed by atoms with Gasteiger partial charge in [0.2, 0.25) is 0 Å². The number of carbonyl (C=O) groups is 2. The molecule has 2 heterocycles. The summed E-state index contributed by atoms with van der Waals surface area (Å²) in [5.41, 5.74) is 0.683. The Morgan fingerprint density at radius 3 is 2.64 bits per heavy atom. The zero-order chi connectivity index (χ0) is 17.6. The van der Waals surface area contributed by atoms with Gasteiger partial charge in [-0.15, -0.1) is 5.10 Å². The van der Waals surface area contributed by atoms with E-state index in [-0.39, 0.29) is 17.8 Å². The topological polar surface area (TPSA) is 89.4 Å². The van der Waals surface area contributed by atoms with Crippen molar-refractivity contribution < 1.29 is 14.3 Å². The minimum Gasteiger partial charge on any atom is -0.463 e. The molecule has 0 aliphatic carbocycles. The Balaban J connectivity index is 1.46. The maximum absolute atomic E-state index is 12.2. The van der Waals surface area contributed by atoms with Crippen LogP contribution in [0.1, 0.15) is 33.8 Å². The van der Waals surface area contributed by atoms with E-state index in [4.69, 9.17) is 0 Å². The maximum Gasteiger partial charge on any atom is 0.377 e. The van der Waals surface area contributed by atoms with E-state index in [0.29, 0.717) is 12.2 Å². The zero-order valence-corrected chi connectivity index (χ0v) is 14.1. The lowest BCUT2D eigenvalue weighted by Gasteiger charge is -2.32. The second-order valence-corrected chi connectivity index (χ2v) is 5.97. The van der Waals surface area contributed by atoms with Crippen LogP contribution in [0.25, 0.3) is 0 Å². The molecule has 1 fully saturated rings. The Morgan fingerprint density at radius 2 is 1.96 bits per heavy atom. The first-order valence-corrected chi connectivity index (χ1v) is 8.21. The Labute approximate surface area is 145 Å². The third-order valence-corrected chi connectivity index (χ3v) is 4.21. The maximum atomic E-state index is 12.2. The molecular weight excluding hydrogens is 322 g/mol. The van der Waals surface area contributed by atoms with Crippen molar-refractivity contribution in [3.8, 4) is 0 Å². The number of hydrogen-bond donors (Lipinski definition) is 1. The fourth-order valence-corrected chi connectivity index (χ4v) is 2.83. The van der Waals surface area contributed by atoms with Gasteiger partial charge >= 0.3 is 5.97 Å². The molecule has 1 N–H and O–H groups in total. The molecular formula is C17H21N5O3. The number of rotatable bonds is 5. The van der Waals surface area contributed by atoms with Crippen LogP contribution in [-0.4, -0.2) is 57.8 Å². The molecule has 1 aromatic carbocycles. The van der Waals surface area contributed by atoms with E-state index < -0.39 is 5.97 Å². The number of esters is 1. The molecule has 0 atom stereocenters. The van der Waals surface area contributed by atoms with Crippen LogP contribution in [0.5, 0.6) is 0 Å². The van der Waals surface area contributed by atoms with Gasteiger partial charge in [0.15, 0.2) is 0 Å². The molecule has 1 aliphatic rings. The smallest absolute Gasteiger partial charge is 0.377 e. The molecule has 1 amide bonds. The summed E-state index contributed by atoms with van der Waals surface area (Å²) in [5.74, 6) is -0.508. The van der Waals surface area contributed by atoms with Crippen LogP contribution in [0.15, 0.2) is 36.7 Å². The molecule has 132 valence electrons. The summed E-state index contributed by atoms with van der Waals surface area (Å²) in [5, 5.41) is 7.19. The van der Waals surface area contributed by atoms with E-state index in [2.05, 4.69) is 25.0 Å². The number of aromatic nitrogens is 3. The van der Waals surface area contributed by atoms with Gasteiger partial charge in [0.1, 0.15) is 6.33 Å². The van der Waals surface area contributed by atoms with Crippen molar-refractivity contribution in [3.63, 3.8) is 0 Å². The van der Waals surface area contributed by atoms with Gasteiger partial charge < -0.3 is 10.1 Å². The van der Waals surface area contributed by atoms with Gasteiger partial charge in [-0.05, 0) is 25.0 Å². The van der Waals surface area contributed by atoms with E-state index in [1.807, 2.05) is 30.3 Å². The first-order valence-electron chi connectivity index (χ1n) is 8.21. The molecule has 0 bridgehead atoms. The Morgan fingerprint density at radius 1 is 1.24 bits per heavy atom. The van der Waals surface area contributed by atoms with Gasteiger partial charge in [0.25, 0.3) is 11.7 Å². The zero-order valence-electron chi connectivity index (χ0n) is 14.1. The number of amides is 1. The van der Waals surface area contributed by atoms with Gasteiger partial charge in [-0.2, -0.15) is 0 Å². The van der Waals surface area contributed by atoms with Gasteiger partial charge in [0.05, 0.1) is 13.8 Å². The number of ether oxygens (including phenoxy) is 1. The van der Waals surface area contributed by atoms with Crippen LogP contribution < -0.4 is 5.32 Å². The molecule has 2 aromatic rings. The van der Waals surface area contributed by atoms with Gasteiger partial charge in [-0.25, -0.2) is 14.5 Å². The quantitative estimate of drug-likeness (QED) is 0.812. The number of hydrogen-bond acceptors (Lipinski definition) is 6. The summed E-state index contributed by atoms with van der Waals surface area (Å²) in [6, 6.07) is 9.41. The normalized spacial score (nSPS) is 15.7. The van der Waals surface area contributed by atoms with Crippen LogP contribution >= 0.6 is 0 Å². The highest BCUT2D eigenvalue weighted by Crippen LogP contribution is 2.12. The van der Waals surface area contributed by atoms with Crippen molar-refractivity contribution in [3.05, 3.63) is 48.0 Å². The highest BCUT2D eigenvalue weighted by molar-refractivity contribution is 5.94. The predicted octanol–water partition coefficient (Wildman–Crippen LogP) is 0.917. The van der Waals surface area contributed by atoms with Crippen LogP contribution in [0.2, 0.25) is 0 Å². The average molecular weight is 343 g/mol. The van der Waals surface area contributed by atoms with Crippen LogP contribution in [0, 0.1) is 0 Å². The molecule has 1 aromatic heterocycles. The van der Waals surface area contributed by atoms with Crippen molar-refractivity contribution in [1.29, 1.82) is 0 Å². The van der Waals surface area contributed by atoms with Crippen molar-refractivity contribution in [1.82, 2.24) is 25.0 Å². The number of benzene rings is 1. The van der Waals surface area contributed by atoms with E-state index in [1.165, 1.54) is 13.4 Å². The summed E-state index contributed by atoms with van der Waals surface area (Å²) in [7, 11) is 1.30. The summed E-state index contributed by atoms with van der Waals surface area (Å²) in [6.07, 6.45) is 3.27. The Bertz CT molecular complexity index is 723. The first-order chi connectivity index (χ1) is 12.2. The molecule has 1 saturated heterocycles. The van der Waals surface area contributed by atoms with Gasteiger partial charge in [0, 0.05) is 24.7 Å². The molecule has 0 radical (unpaired) electrons. The molecule has 1 aliphatic heterocycles. The fraction of sp³-hybridized carbons (Fsp3) is 0.412. The van der Waals surface area contributed by atoms with E-state index in [0.717, 1.165) is 25.9 Å². The highest BCUT2D eigenvalue weighted by atomic mass is 16.5. The molecule has 0 spiro atoms. The van der Waals surface area contributed by atoms with E-state index >= 15 is 0 Å². The lowest BCUT2D eigenvalue weighted by molar-refractivity contribution is 0.0585. The SMILES string of the molecule is COC(=O)c1ncn(CN2CCC(NC(=O)c3ccccc3)CC2)n1. The number of piperidine rings is 1. The minimum atomic E-state index is -0.541. The fourth-order valence-electron chi connectivity index (χ4n) is 2.83. The van der Waals surface area contributed by atoms with Crippen molar-refractivity contribution in [2.75, 3.05) is 20.2 Å². The Kier molecular flexibility index (Phi) is 5.39. The standard InChI is InChI=1S/C17H21N5O3/c1-25-17(24)15-18-11-22(20-15)12-21-9-7-14(8-10-21)19-16(23)13-5-3-2-4-6-13/h2-6,11,14H,7-10,12H2,1H3,(H,19,23). The lowest BCUT2D eigenvalue weighted by Crippen LogP contribution is -2.45. The number of likely N-dealkylation sites (tertiary alicyclic amines) is 1. The average Bonchev–Trinajstić information content (AvgIpc) is 3.12. The lowest BCUT2D eigenvalue weighted by atomic mass is 10.0. The highest BCUT2D eigenvalue weighted by Gasteiger charge is 2.22. The molecule has 8 heteroatoms. The largest absolute Gasteiger partial charge is 0.463 e. The summed E-state index contributed by atoms with van der Waals surface area (Å²) in [6.45, 7) is 2.24. The van der Waals surface area contributed by atoms with Crippen LogP contribution in [-0.2, 0) is 11.4 Å². The summed E-state index contributed by atoms with van der Waals surface area (Å²) in [4.78, 5) is 29.7. The first kappa shape index (κ1) is 17.1. The van der Waals surface area contributed by atoms with Crippen molar-refractivity contribution in [2.45, 2.75) is 25.6 Å². The number of carbonyl (C=O) groups excluding carboxylic acids is 2. The molecule has 25 heavy (non-hydrogen) atoms. The van der Waals surface area contributed by atoms with Gasteiger partial charge in [-0.3, -0.25) is 9.69 Å². The van der Waals surface area contributed by atoms with Crippen molar-refractivity contribution >= 4 is 11.9 Å². The molecule has 3 rings (SSSR count). The molecule has 0 saturated carbocycles.